The fraction of sp³-hybridized carbons (Fsp3) is 0.600. The number of urea groups is 1. The number of nitrogens with zero attached hydrogens (tertiary/aromatic N) is 1. The number of aliphatic imine (C=N–C) groups is 1. The molecule has 0 spiro atoms. The molecule has 0 saturated carbocycles. The number of hydrogen-bond donors (Lipinski definition) is 2. The molecule has 0 atom stereocenters. The largest absolute Gasteiger partial charge is 0.489 e. The van der Waals surface area contributed by atoms with E-state index in [0.717, 1.165) is 0 Å². The van der Waals surface area contributed by atoms with Gasteiger partial charge in [0.1, 0.15) is 0 Å². The van der Waals surface area contributed by atoms with Crippen molar-refractivity contribution in [2.45, 2.75) is 6.92 Å². The molecule has 2 N–H and O–H groups in total. The third kappa shape index (κ3) is 8.04. The summed E-state index contributed by atoms with van der Waals surface area (Å²) in [6.45, 7) is 7.35. The fourth-order valence-electron chi connectivity index (χ4n) is 0.341. The van der Waals surface area contributed by atoms with Gasteiger partial charge >= 0.3 is 6.03 Å². The van der Waals surface area contributed by atoms with E-state index in [0.29, 0.717) is 6.54 Å². The molecule has 55 valence electrons. The number of hydrogen-bond acceptors (Lipinski definition) is 2. The maximum absolute atomic E-state index is 10.5. The van der Waals surface area contributed by atoms with Crippen LogP contribution in [0.5, 0.6) is 0 Å². The van der Waals surface area contributed by atoms with Gasteiger partial charge < -0.3 is 22.3 Å². The number of carbonyl (C=O) groups is 1. The topological polar surface area (TPSA) is 53.5 Å². The van der Waals surface area contributed by atoms with Gasteiger partial charge in [-0.05, 0) is 6.92 Å². The standard InChI is InChI=1S/C5H10N3O.Y/c1-3-7-5(9)8-4-6-2;/h2H,3-4H2,1H3,(H2,7,8,9);/q-1;. The number of carbonyl (C=O) groups excluding carboxylic acids is 1. The Labute approximate surface area is 85.7 Å². The minimum atomic E-state index is -0.244. The second-order valence-electron chi connectivity index (χ2n) is 1.38. The van der Waals surface area contributed by atoms with Gasteiger partial charge in [0.2, 0.25) is 0 Å². The van der Waals surface area contributed by atoms with E-state index in [9.17, 15) is 4.79 Å². The van der Waals surface area contributed by atoms with Crippen LogP contribution in [0.2, 0.25) is 0 Å². The molecular formula is C5H10N3OY-. The van der Waals surface area contributed by atoms with Crippen LogP contribution in [-0.2, 0) is 32.7 Å². The van der Waals surface area contributed by atoms with Gasteiger partial charge in [0.15, 0.2) is 0 Å². The van der Waals surface area contributed by atoms with E-state index in [1.807, 2.05) is 6.92 Å². The van der Waals surface area contributed by atoms with Gasteiger partial charge in [0.25, 0.3) is 0 Å². The van der Waals surface area contributed by atoms with E-state index < -0.39 is 0 Å². The van der Waals surface area contributed by atoms with Crippen molar-refractivity contribution < 1.29 is 37.5 Å². The first kappa shape index (κ1) is 12.7. The molecule has 0 aromatic rings. The Morgan fingerprint density at radius 2 is 2.20 bits per heavy atom. The number of nitrogens with one attached hydrogen (secondary N) is 2. The Bertz CT molecular complexity index is 107. The second kappa shape index (κ2) is 9.04. The first-order valence-electron chi connectivity index (χ1n) is 2.69. The first-order valence-corrected chi connectivity index (χ1v) is 2.69. The molecule has 0 bridgehead atoms. The average Bonchev–Trinajstić information content (AvgIpc) is 1.85. The molecule has 1 radical (unpaired) electrons. The molecule has 2 amide bonds. The monoisotopic (exact) mass is 217 g/mol. The molecule has 0 unspecified atom stereocenters. The van der Waals surface area contributed by atoms with Gasteiger partial charge in [-0.1, -0.05) is 0 Å². The molecule has 0 aromatic carbocycles. The smallest absolute Gasteiger partial charge is 0.316 e. The van der Waals surface area contributed by atoms with Crippen LogP contribution in [0, 0.1) is 0 Å². The van der Waals surface area contributed by atoms with Crippen molar-refractivity contribution in [2.24, 2.45) is 4.99 Å². The van der Waals surface area contributed by atoms with Gasteiger partial charge in [-0.2, -0.15) is 0 Å². The summed E-state index contributed by atoms with van der Waals surface area (Å²) in [6, 6.07) is -0.244. The summed E-state index contributed by atoms with van der Waals surface area (Å²) in [5.74, 6) is 0. The van der Waals surface area contributed by atoms with E-state index >= 15 is 0 Å². The molecule has 10 heavy (non-hydrogen) atoms. The molecule has 0 aliphatic rings. The van der Waals surface area contributed by atoms with Crippen molar-refractivity contribution in [3.8, 4) is 0 Å². The third-order valence-electron chi connectivity index (χ3n) is 0.668. The Balaban J connectivity index is 0. The van der Waals surface area contributed by atoms with E-state index in [2.05, 4.69) is 15.6 Å². The molecule has 0 saturated heterocycles. The molecule has 0 rings (SSSR count). The molecule has 0 aliphatic carbocycles. The third-order valence-corrected chi connectivity index (χ3v) is 0.668. The Hall–Kier alpha value is 0.0439. The summed E-state index contributed by atoms with van der Waals surface area (Å²) in [5, 5.41) is 4.91. The van der Waals surface area contributed by atoms with Gasteiger partial charge in [-0.25, -0.2) is 4.79 Å². The van der Waals surface area contributed by atoms with E-state index in [-0.39, 0.29) is 45.4 Å². The van der Waals surface area contributed by atoms with Crippen LogP contribution in [0.4, 0.5) is 4.79 Å². The summed E-state index contributed by atoms with van der Waals surface area (Å²) in [6.07, 6.45) is 0. The summed E-state index contributed by atoms with van der Waals surface area (Å²) < 4.78 is 0. The van der Waals surface area contributed by atoms with Gasteiger partial charge in [-0.3, -0.25) is 0 Å². The zero-order chi connectivity index (χ0) is 7.11. The van der Waals surface area contributed by atoms with Crippen LogP contribution in [-0.4, -0.2) is 26.0 Å². The molecule has 0 fully saturated rings. The molecule has 0 heterocycles. The van der Waals surface area contributed by atoms with E-state index in [1.165, 1.54) is 0 Å². The van der Waals surface area contributed by atoms with Crippen molar-refractivity contribution in [1.29, 1.82) is 0 Å². The molecular weight excluding hydrogens is 207 g/mol. The van der Waals surface area contributed by atoms with Crippen molar-refractivity contribution in [2.75, 3.05) is 13.2 Å². The van der Waals surface area contributed by atoms with Crippen LogP contribution < -0.4 is 10.6 Å². The maximum Gasteiger partial charge on any atom is 0.316 e. The number of rotatable bonds is 3. The SMILES string of the molecule is [CH-]=NCNC(=O)NCC.[Y]. The molecule has 5 heteroatoms. The van der Waals surface area contributed by atoms with Crippen LogP contribution in [0.15, 0.2) is 4.99 Å². The van der Waals surface area contributed by atoms with Crippen molar-refractivity contribution in [1.82, 2.24) is 10.6 Å². The van der Waals surface area contributed by atoms with Crippen molar-refractivity contribution >= 4 is 12.7 Å². The minimum absolute atomic E-state index is 0. The van der Waals surface area contributed by atoms with Crippen LogP contribution in [0.3, 0.4) is 0 Å². The predicted molar refractivity (Wildman–Crippen MR) is 35.6 cm³/mol. The normalized spacial score (nSPS) is 7.30. The van der Waals surface area contributed by atoms with Crippen LogP contribution in [0.1, 0.15) is 6.92 Å². The van der Waals surface area contributed by atoms with Crippen molar-refractivity contribution in [3.63, 3.8) is 0 Å². The number of amides is 2. The zero-order valence-electron chi connectivity index (χ0n) is 5.92. The minimum Gasteiger partial charge on any atom is -0.489 e. The van der Waals surface area contributed by atoms with Crippen molar-refractivity contribution in [3.05, 3.63) is 0 Å². The Morgan fingerprint density at radius 3 is 2.60 bits per heavy atom. The first-order chi connectivity index (χ1) is 4.31. The Kier molecular flexibility index (Phi) is 11.5. The molecule has 0 aliphatic heterocycles. The summed E-state index contributed by atoms with van der Waals surface area (Å²) in [7, 11) is 0. The Morgan fingerprint density at radius 1 is 1.60 bits per heavy atom. The van der Waals surface area contributed by atoms with Gasteiger partial charge in [-0.15, -0.1) is 0 Å². The van der Waals surface area contributed by atoms with Crippen LogP contribution in [0.25, 0.3) is 0 Å². The fourth-order valence-corrected chi connectivity index (χ4v) is 0.341. The van der Waals surface area contributed by atoms with E-state index in [1.54, 1.807) is 0 Å². The summed E-state index contributed by atoms with van der Waals surface area (Å²) >= 11 is 0. The molecule has 4 nitrogen and oxygen atoms in total. The maximum atomic E-state index is 10.5. The zero-order valence-corrected chi connectivity index (χ0v) is 8.76. The predicted octanol–water partition coefficient (Wildman–Crippen LogP) is -0.162. The molecule has 0 aromatic heterocycles. The summed E-state index contributed by atoms with van der Waals surface area (Å²) in [4.78, 5) is 13.7. The van der Waals surface area contributed by atoms with Crippen LogP contribution >= 0.6 is 0 Å². The average molecular weight is 217 g/mol. The van der Waals surface area contributed by atoms with Gasteiger partial charge in [0.05, 0.1) is 6.67 Å². The second-order valence-corrected chi connectivity index (χ2v) is 1.38. The van der Waals surface area contributed by atoms with Gasteiger partial charge in [0, 0.05) is 39.3 Å². The van der Waals surface area contributed by atoms with E-state index in [4.69, 9.17) is 6.72 Å². The quantitative estimate of drug-likeness (QED) is 0.500. The summed E-state index contributed by atoms with van der Waals surface area (Å²) in [5.41, 5.74) is 0.